The van der Waals surface area contributed by atoms with E-state index in [0.717, 1.165) is 12.0 Å². The molecule has 28 heavy (non-hydrogen) atoms. The highest BCUT2D eigenvalue weighted by Crippen LogP contribution is 2.16. The topological polar surface area (TPSA) is 101 Å². The quantitative estimate of drug-likeness (QED) is 0.574. The Hall–Kier alpha value is -1.93. The Morgan fingerprint density at radius 3 is 2.32 bits per heavy atom. The number of nitrogens with one attached hydrogen (secondary N) is 2. The van der Waals surface area contributed by atoms with E-state index in [1.54, 1.807) is 12.1 Å². The molecular formula is C20H28ClN3O3S. The van der Waals surface area contributed by atoms with E-state index in [0.29, 0.717) is 11.6 Å². The molecule has 0 spiro atoms. The first-order valence-electron chi connectivity index (χ1n) is 8.97. The Bertz CT molecular complexity index is 869. The van der Waals surface area contributed by atoms with Crippen molar-refractivity contribution in [3.8, 4) is 0 Å². The van der Waals surface area contributed by atoms with Crippen molar-refractivity contribution in [3.05, 3.63) is 59.7 Å². The van der Waals surface area contributed by atoms with Gasteiger partial charge in [0.1, 0.15) is 0 Å². The summed E-state index contributed by atoms with van der Waals surface area (Å²) in [6.07, 6.45) is 1.23. The van der Waals surface area contributed by atoms with E-state index in [9.17, 15) is 13.2 Å². The van der Waals surface area contributed by atoms with Crippen molar-refractivity contribution in [1.29, 1.82) is 0 Å². The summed E-state index contributed by atoms with van der Waals surface area (Å²) in [6.45, 7) is 4.71. The monoisotopic (exact) mass is 425 g/mol. The first-order chi connectivity index (χ1) is 12.8. The van der Waals surface area contributed by atoms with E-state index in [1.165, 1.54) is 17.7 Å². The van der Waals surface area contributed by atoms with Crippen molar-refractivity contribution >= 4 is 34.0 Å². The fourth-order valence-corrected chi connectivity index (χ4v) is 3.77. The van der Waals surface area contributed by atoms with Gasteiger partial charge in [-0.2, -0.15) is 0 Å². The molecule has 8 heteroatoms. The van der Waals surface area contributed by atoms with Gasteiger partial charge >= 0.3 is 0 Å². The second-order valence-electron chi connectivity index (χ2n) is 6.85. The first-order valence-corrected chi connectivity index (χ1v) is 10.5. The predicted octanol–water partition coefficient (Wildman–Crippen LogP) is 2.73. The molecule has 0 unspecified atom stereocenters. The number of carbonyl (C=O) groups excluding carboxylic acids is 1. The number of carbonyl (C=O) groups is 1. The first kappa shape index (κ1) is 24.1. The molecule has 0 radical (unpaired) electrons. The van der Waals surface area contributed by atoms with Crippen molar-refractivity contribution in [3.63, 3.8) is 0 Å². The molecule has 6 nitrogen and oxygen atoms in total. The number of nitrogens with two attached hydrogens (primary N) is 1. The van der Waals surface area contributed by atoms with Crippen molar-refractivity contribution < 1.29 is 13.2 Å². The lowest BCUT2D eigenvalue weighted by Gasteiger charge is -2.10. The molecule has 4 N–H and O–H groups in total. The van der Waals surface area contributed by atoms with Crippen LogP contribution in [0.3, 0.4) is 0 Å². The van der Waals surface area contributed by atoms with E-state index in [-0.39, 0.29) is 42.7 Å². The maximum Gasteiger partial charge on any atom is 0.240 e. The maximum absolute atomic E-state index is 12.3. The average molecular weight is 426 g/mol. The van der Waals surface area contributed by atoms with Crippen LogP contribution in [0.15, 0.2) is 53.4 Å². The lowest BCUT2D eigenvalue weighted by atomic mass is 10.0. The van der Waals surface area contributed by atoms with E-state index in [1.807, 2.05) is 24.3 Å². The highest BCUT2D eigenvalue weighted by molar-refractivity contribution is 7.89. The Kier molecular flexibility index (Phi) is 9.61. The molecule has 0 aliphatic carbocycles. The molecule has 154 valence electrons. The van der Waals surface area contributed by atoms with Crippen molar-refractivity contribution in [1.82, 2.24) is 4.72 Å². The third-order valence-electron chi connectivity index (χ3n) is 3.90. The zero-order valence-electron chi connectivity index (χ0n) is 16.1. The van der Waals surface area contributed by atoms with Crippen molar-refractivity contribution in [2.24, 2.45) is 11.7 Å². The normalized spacial score (nSPS) is 11.1. The molecule has 0 aromatic heterocycles. The molecule has 2 rings (SSSR count). The SMILES string of the molecule is CC(C)Cc1ccc(CC(=O)Nc2cccc(S(=O)(=O)NCCN)c2)cc1.Cl. The van der Waals surface area contributed by atoms with Gasteiger partial charge in [0.05, 0.1) is 11.3 Å². The summed E-state index contributed by atoms with van der Waals surface area (Å²) in [5, 5.41) is 2.75. The highest BCUT2D eigenvalue weighted by atomic mass is 35.5. The fraction of sp³-hybridized carbons (Fsp3) is 0.350. The van der Waals surface area contributed by atoms with Crippen LogP contribution in [-0.4, -0.2) is 27.4 Å². The number of anilines is 1. The van der Waals surface area contributed by atoms with E-state index >= 15 is 0 Å². The van der Waals surface area contributed by atoms with Gasteiger partial charge in [0.15, 0.2) is 0 Å². The molecule has 1 amide bonds. The molecule has 2 aromatic carbocycles. The molecule has 2 aromatic rings. The van der Waals surface area contributed by atoms with Gasteiger partial charge < -0.3 is 11.1 Å². The Labute approximate surface area is 173 Å². The summed E-state index contributed by atoms with van der Waals surface area (Å²) in [4.78, 5) is 12.4. The maximum atomic E-state index is 12.3. The number of hydrogen-bond acceptors (Lipinski definition) is 4. The lowest BCUT2D eigenvalue weighted by molar-refractivity contribution is -0.115. The van der Waals surface area contributed by atoms with Gasteiger partial charge in [-0.15, -0.1) is 12.4 Å². The minimum atomic E-state index is -3.64. The standard InChI is InChI=1S/C20H27N3O3S.ClH/c1-15(2)12-16-6-8-17(9-7-16)13-20(24)23-18-4-3-5-19(14-18)27(25,26)22-11-10-21;/h3-9,14-15,22H,10-13,21H2,1-2H3,(H,23,24);1H. The molecule has 0 aliphatic heterocycles. The molecule has 0 saturated heterocycles. The molecule has 0 saturated carbocycles. The van der Waals surface area contributed by atoms with Gasteiger partial charge in [-0.05, 0) is 41.7 Å². The van der Waals surface area contributed by atoms with Crippen LogP contribution in [-0.2, 0) is 27.7 Å². The Balaban J connectivity index is 0.00000392. The predicted molar refractivity (Wildman–Crippen MR) is 115 cm³/mol. The zero-order valence-corrected chi connectivity index (χ0v) is 17.8. The van der Waals surface area contributed by atoms with E-state index < -0.39 is 10.0 Å². The number of halogens is 1. The van der Waals surface area contributed by atoms with Crippen LogP contribution < -0.4 is 15.8 Å². The van der Waals surface area contributed by atoms with Crippen molar-refractivity contribution in [2.75, 3.05) is 18.4 Å². The van der Waals surface area contributed by atoms with Gasteiger partial charge in [0.25, 0.3) is 0 Å². The number of amides is 1. The molecular weight excluding hydrogens is 398 g/mol. The third kappa shape index (κ3) is 7.59. The van der Waals surface area contributed by atoms with Gasteiger partial charge in [-0.1, -0.05) is 44.2 Å². The molecule has 0 fully saturated rings. The molecule has 0 aliphatic rings. The third-order valence-corrected chi connectivity index (χ3v) is 5.35. The number of hydrogen-bond donors (Lipinski definition) is 3. The smallest absolute Gasteiger partial charge is 0.240 e. The van der Waals surface area contributed by atoms with E-state index in [2.05, 4.69) is 23.9 Å². The zero-order chi connectivity index (χ0) is 19.9. The van der Waals surface area contributed by atoms with Crippen LogP contribution in [0.5, 0.6) is 0 Å². The van der Waals surface area contributed by atoms with Crippen LogP contribution in [0.25, 0.3) is 0 Å². The second kappa shape index (κ2) is 11.2. The molecule has 0 bridgehead atoms. The summed E-state index contributed by atoms with van der Waals surface area (Å²) in [5.41, 5.74) is 7.93. The van der Waals surface area contributed by atoms with Gasteiger partial charge in [0.2, 0.25) is 15.9 Å². The number of benzene rings is 2. The lowest BCUT2D eigenvalue weighted by Crippen LogP contribution is -2.29. The second-order valence-corrected chi connectivity index (χ2v) is 8.62. The van der Waals surface area contributed by atoms with Gasteiger partial charge in [-0.3, -0.25) is 4.79 Å². The average Bonchev–Trinajstić information content (AvgIpc) is 2.61. The van der Waals surface area contributed by atoms with Crippen LogP contribution in [0, 0.1) is 5.92 Å². The molecule has 0 heterocycles. The van der Waals surface area contributed by atoms with Crippen LogP contribution in [0.1, 0.15) is 25.0 Å². The number of sulfonamides is 1. The van der Waals surface area contributed by atoms with Crippen molar-refractivity contribution in [2.45, 2.75) is 31.6 Å². The summed E-state index contributed by atoms with van der Waals surface area (Å²) in [6, 6.07) is 14.1. The molecule has 0 atom stereocenters. The summed E-state index contributed by atoms with van der Waals surface area (Å²) in [5.74, 6) is 0.387. The summed E-state index contributed by atoms with van der Waals surface area (Å²) in [7, 11) is -3.64. The van der Waals surface area contributed by atoms with Crippen LogP contribution in [0.2, 0.25) is 0 Å². The Morgan fingerprint density at radius 1 is 1.07 bits per heavy atom. The number of rotatable bonds is 9. The van der Waals surface area contributed by atoms with Crippen LogP contribution in [0.4, 0.5) is 5.69 Å². The van der Waals surface area contributed by atoms with Crippen LogP contribution >= 0.6 is 12.4 Å². The van der Waals surface area contributed by atoms with Gasteiger partial charge in [-0.25, -0.2) is 13.1 Å². The van der Waals surface area contributed by atoms with Gasteiger partial charge in [0, 0.05) is 18.8 Å². The largest absolute Gasteiger partial charge is 0.329 e. The minimum absolute atomic E-state index is 0. The summed E-state index contributed by atoms with van der Waals surface area (Å²) >= 11 is 0. The van der Waals surface area contributed by atoms with E-state index in [4.69, 9.17) is 5.73 Å². The summed E-state index contributed by atoms with van der Waals surface area (Å²) < 4.78 is 26.7. The minimum Gasteiger partial charge on any atom is -0.329 e. The Morgan fingerprint density at radius 2 is 1.71 bits per heavy atom. The fourth-order valence-electron chi connectivity index (χ4n) is 2.67. The highest BCUT2D eigenvalue weighted by Gasteiger charge is 2.14.